The molecule has 0 aromatic carbocycles. The van der Waals surface area contributed by atoms with E-state index in [1.165, 1.54) is 0 Å². The lowest BCUT2D eigenvalue weighted by Gasteiger charge is -2.35. The van der Waals surface area contributed by atoms with Gasteiger partial charge in [-0.2, -0.15) is 0 Å². The van der Waals surface area contributed by atoms with E-state index in [0.717, 1.165) is 23.4 Å². The van der Waals surface area contributed by atoms with Crippen LogP contribution in [-0.4, -0.2) is 42.3 Å². The minimum atomic E-state index is 0.0373. The van der Waals surface area contributed by atoms with Gasteiger partial charge < -0.3 is 15.0 Å². The molecular weight excluding hydrogens is 272 g/mol. The number of rotatable bonds is 6. The Morgan fingerprint density at radius 1 is 1.60 bits per heavy atom. The highest BCUT2D eigenvalue weighted by Crippen LogP contribution is 2.16. The largest absolute Gasteiger partial charge is 0.377 e. The molecule has 0 bridgehead atoms. The molecule has 0 radical (unpaired) electrons. The molecule has 1 aliphatic rings. The van der Waals surface area contributed by atoms with Crippen LogP contribution in [0.25, 0.3) is 0 Å². The van der Waals surface area contributed by atoms with E-state index in [1.807, 2.05) is 22.4 Å². The van der Waals surface area contributed by atoms with Gasteiger partial charge in [0.15, 0.2) is 0 Å². The van der Waals surface area contributed by atoms with Gasteiger partial charge in [0.25, 0.3) is 0 Å². The van der Waals surface area contributed by atoms with Crippen molar-refractivity contribution in [3.8, 4) is 0 Å². The van der Waals surface area contributed by atoms with Crippen LogP contribution in [0.2, 0.25) is 0 Å². The van der Waals surface area contributed by atoms with Crippen LogP contribution >= 0.6 is 11.3 Å². The number of hydrogen-bond acceptors (Lipinski definition) is 4. The quantitative estimate of drug-likeness (QED) is 0.820. The minimum Gasteiger partial charge on any atom is -0.377 e. The van der Waals surface area contributed by atoms with Crippen molar-refractivity contribution in [1.82, 2.24) is 4.90 Å². The maximum absolute atomic E-state index is 12.4. The van der Waals surface area contributed by atoms with Gasteiger partial charge in [0, 0.05) is 23.6 Å². The van der Waals surface area contributed by atoms with Crippen LogP contribution in [0.3, 0.4) is 0 Å². The molecule has 0 saturated carbocycles. The summed E-state index contributed by atoms with van der Waals surface area (Å²) in [4.78, 5) is 15.4. The van der Waals surface area contributed by atoms with Crippen molar-refractivity contribution in [3.63, 3.8) is 0 Å². The van der Waals surface area contributed by atoms with Gasteiger partial charge in [0.2, 0.25) is 5.91 Å². The van der Waals surface area contributed by atoms with Crippen molar-refractivity contribution in [1.29, 1.82) is 5.41 Å². The fourth-order valence-electron chi connectivity index (χ4n) is 2.50. The van der Waals surface area contributed by atoms with Crippen molar-refractivity contribution in [2.24, 2.45) is 0 Å². The third-order valence-corrected chi connectivity index (χ3v) is 4.36. The number of ether oxygens (including phenoxy) is 1. The van der Waals surface area contributed by atoms with E-state index in [1.54, 1.807) is 11.3 Å². The highest BCUT2D eigenvalue weighted by Gasteiger charge is 2.28. The monoisotopic (exact) mass is 294 g/mol. The molecule has 0 unspecified atom stereocenters. The van der Waals surface area contributed by atoms with Crippen molar-refractivity contribution >= 4 is 23.0 Å². The second-order valence-corrected chi connectivity index (χ2v) is 6.16. The average Bonchev–Trinajstić information content (AvgIpc) is 2.92. The molecule has 1 saturated heterocycles. The molecule has 1 aliphatic heterocycles. The van der Waals surface area contributed by atoms with Gasteiger partial charge in [-0.05, 0) is 17.9 Å². The van der Waals surface area contributed by atoms with Gasteiger partial charge in [-0.15, -0.1) is 11.3 Å². The predicted octanol–water partition coefficient (Wildman–Crippen LogP) is 2.73. The average molecular weight is 294 g/mol. The van der Waals surface area contributed by atoms with Gasteiger partial charge in [-0.1, -0.05) is 19.4 Å². The van der Waals surface area contributed by atoms with E-state index < -0.39 is 0 Å². The summed E-state index contributed by atoms with van der Waals surface area (Å²) in [6.45, 7) is 3.88. The Morgan fingerprint density at radius 2 is 2.45 bits per heavy atom. The third kappa shape index (κ3) is 4.15. The second kappa shape index (κ2) is 7.55. The second-order valence-electron chi connectivity index (χ2n) is 5.13. The number of carbonyl (C=O) groups excluding carboxylic acids is 1. The van der Waals surface area contributed by atoms with Crippen molar-refractivity contribution in [2.45, 2.75) is 38.6 Å². The number of nitrogens with zero attached hydrogens (tertiary/aromatic N) is 1. The lowest BCUT2D eigenvalue weighted by Crippen LogP contribution is -2.50. The lowest BCUT2D eigenvalue weighted by atomic mass is 10.0. The van der Waals surface area contributed by atoms with Crippen molar-refractivity contribution in [3.05, 3.63) is 22.4 Å². The lowest BCUT2D eigenvalue weighted by molar-refractivity contribution is -0.138. The Bertz CT molecular complexity index is 445. The maximum Gasteiger partial charge on any atom is 0.228 e. The zero-order valence-corrected chi connectivity index (χ0v) is 12.7. The van der Waals surface area contributed by atoms with Crippen LogP contribution in [-0.2, 0) is 16.0 Å². The molecule has 20 heavy (non-hydrogen) atoms. The van der Waals surface area contributed by atoms with Crippen molar-refractivity contribution < 1.29 is 9.53 Å². The van der Waals surface area contributed by atoms with Gasteiger partial charge in [-0.3, -0.25) is 4.79 Å². The number of carbonyl (C=O) groups is 1. The van der Waals surface area contributed by atoms with Gasteiger partial charge in [0.05, 0.1) is 25.7 Å². The Balaban J connectivity index is 1.95. The van der Waals surface area contributed by atoms with E-state index in [9.17, 15) is 4.79 Å². The predicted molar refractivity (Wildman–Crippen MR) is 81.6 cm³/mol. The smallest absolute Gasteiger partial charge is 0.228 e. The summed E-state index contributed by atoms with van der Waals surface area (Å²) in [6, 6.07) is 4.01. The Morgan fingerprint density at radius 3 is 3.15 bits per heavy atom. The number of thiophene rings is 1. The zero-order chi connectivity index (χ0) is 14.4. The number of nitrogens with one attached hydrogen (secondary N) is 1. The SMILES string of the molecule is CCCC(=N)C[C@@H]1COCCN1C(=O)Cc1cccs1. The van der Waals surface area contributed by atoms with Crippen molar-refractivity contribution in [2.75, 3.05) is 19.8 Å². The van der Waals surface area contributed by atoms with E-state index in [-0.39, 0.29) is 11.9 Å². The summed E-state index contributed by atoms with van der Waals surface area (Å²) in [7, 11) is 0. The molecule has 2 heterocycles. The molecule has 5 heteroatoms. The molecule has 1 aromatic heterocycles. The normalized spacial score (nSPS) is 19.1. The van der Waals surface area contributed by atoms with Crippen LogP contribution in [0.5, 0.6) is 0 Å². The van der Waals surface area contributed by atoms with Crippen LogP contribution < -0.4 is 0 Å². The van der Waals surface area contributed by atoms with E-state index in [0.29, 0.717) is 32.6 Å². The number of morpholine rings is 1. The summed E-state index contributed by atoms with van der Waals surface area (Å²) >= 11 is 1.62. The summed E-state index contributed by atoms with van der Waals surface area (Å²) < 4.78 is 5.49. The Kier molecular flexibility index (Phi) is 5.73. The molecule has 1 aromatic rings. The Labute approximate surface area is 124 Å². The van der Waals surface area contributed by atoms with Crippen LogP contribution in [0.15, 0.2) is 17.5 Å². The standard InChI is InChI=1S/C15H22N2O2S/c1-2-4-12(16)9-13-11-19-7-6-17(13)15(18)10-14-5-3-8-20-14/h3,5,8,13,16H,2,4,6-7,9-11H2,1H3/t13-/m1/s1. The molecule has 2 rings (SSSR count). The molecule has 1 N–H and O–H groups in total. The first-order chi connectivity index (χ1) is 9.70. The first-order valence-electron chi connectivity index (χ1n) is 7.16. The third-order valence-electron chi connectivity index (χ3n) is 3.49. The Hall–Kier alpha value is -1.20. The van der Waals surface area contributed by atoms with Crippen LogP contribution in [0.4, 0.5) is 0 Å². The van der Waals surface area contributed by atoms with E-state index in [2.05, 4.69) is 6.92 Å². The molecule has 0 aliphatic carbocycles. The molecule has 0 spiro atoms. The fraction of sp³-hybridized carbons (Fsp3) is 0.600. The van der Waals surface area contributed by atoms with Gasteiger partial charge in [0.1, 0.15) is 0 Å². The van der Waals surface area contributed by atoms with E-state index >= 15 is 0 Å². The molecular formula is C15H22N2O2S. The van der Waals surface area contributed by atoms with Crippen LogP contribution in [0, 0.1) is 5.41 Å². The van der Waals surface area contributed by atoms with Gasteiger partial charge >= 0.3 is 0 Å². The molecule has 1 atom stereocenters. The zero-order valence-electron chi connectivity index (χ0n) is 11.9. The summed E-state index contributed by atoms with van der Waals surface area (Å²) in [5.41, 5.74) is 0.719. The highest BCUT2D eigenvalue weighted by atomic mass is 32.1. The first kappa shape index (κ1) is 15.2. The summed E-state index contributed by atoms with van der Waals surface area (Å²) in [5.74, 6) is 0.157. The molecule has 1 fully saturated rings. The number of amides is 1. The van der Waals surface area contributed by atoms with Crippen LogP contribution in [0.1, 0.15) is 31.1 Å². The maximum atomic E-state index is 12.4. The summed E-state index contributed by atoms with van der Waals surface area (Å²) in [5, 5.41) is 9.96. The van der Waals surface area contributed by atoms with Gasteiger partial charge in [-0.25, -0.2) is 0 Å². The fourth-order valence-corrected chi connectivity index (χ4v) is 3.20. The van der Waals surface area contributed by atoms with E-state index in [4.69, 9.17) is 10.1 Å². The highest BCUT2D eigenvalue weighted by molar-refractivity contribution is 7.10. The molecule has 1 amide bonds. The topological polar surface area (TPSA) is 53.4 Å². The molecule has 110 valence electrons. The molecule has 4 nitrogen and oxygen atoms in total. The number of hydrogen-bond donors (Lipinski definition) is 1. The summed E-state index contributed by atoms with van der Waals surface area (Å²) in [6.07, 6.45) is 2.90. The first-order valence-corrected chi connectivity index (χ1v) is 8.04. The minimum absolute atomic E-state index is 0.0373.